The molecule has 0 amide bonds. The Morgan fingerprint density at radius 2 is 2.06 bits per heavy atom. The molecule has 164 valence electrons. The Balaban J connectivity index is 2.00. The number of carboxylic acids is 1. The van der Waals surface area contributed by atoms with Gasteiger partial charge in [0.05, 0.1) is 37.9 Å². The van der Waals surface area contributed by atoms with Gasteiger partial charge in [-0.3, -0.25) is 4.79 Å². The standard InChI is InChI=1S/C24H29N3O4/c1-3-24(26-20-10-8-18(15-25)9-11-20)17-31-13-12-27(24)22-7-5-4-6-21(22)19(16-30-2)14-23(28)29/h4-11,19,26H,3,12-14,16-17H2,1-2H3,(H,28,29)/t19-,24?/m1/s1. The Labute approximate surface area is 183 Å². The maximum Gasteiger partial charge on any atom is 0.304 e. The summed E-state index contributed by atoms with van der Waals surface area (Å²) in [6.45, 7) is 4.16. The highest BCUT2D eigenvalue weighted by Crippen LogP contribution is 2.37. The van der Waals surface area contributed by atoms with Crippen LogP contribution in [0, 0.1) is 11.3 Å². The molecule has 0 aliphatic carbocycles. The van der Waals surface area contributed by atoms with Crippen molar-refractivity contribution in [2.75, 3.05) is 43.7 Å². The van der Waals surface area contributed by atoms with Gasteiger partial charge in [-0.15, -0.1) is 0 Å². The predicted octanol–water partition coefficient (Wildman–Crippen LogP) is 3.82. The summed E-state index contributed by atoms with van der Waals surface area (Å²) >= 11 is 0. The summed E-state index contributed by atoms with van der Waals surface area (Å²) in [6.07, 6.45) is 0.757. The number of hydrogen-bond donors (Lipinski definition) is 2. The molecule has 1 aliphatic rings. The minimum Gasteiger partial charge on any atom is -0.481 e. The van der Waals surface area contributed by atoms with Crippen LogP contribution in [0.3, 0.4) is 0 Å². The Kier molecular flexibility index (Phi) is 7.50. The zero-order valence-electron chi connectivity index (χ0n) is 18.0. The number of nitriles is 1. The zero-order chi connectivity index (χ0) is 22.3. The quantitative estimate of drug-likeness (QED) is 0.633. The summed E-state index contributed by atoms with van der Waals surface area (Å²) in [7, 11) is 1.59. The molecule has 0 bridgehead atoms. The molecule has 1 aliphatic heterocycles. The summed E-state index contributed by atoms with van der Waals surface area (Å²) in [6, 6.07) is 17.4. The Morgan fingerprint density at radius 1 is 1.32 bits per heavy atom. The van der Waals surface area contributed by atoms with Crippen LogP contribution in [0.15, 0.2) is 48.5 Å². The van der Waals surface area contributed by atoms with E-state index in [0.717, 1.165) is 23.4 Å². The summed E-state index contributed by atoms with van der Waals surface area (Å²) in [4.78, 5) is 13.8. The lowest BCUT2D eigenvalue weighted by Crippen LogP contribution is -2.62. The number of para-hydroxylation sites is 1. The fourth-order valence-electron chi connectivity index (χ4n) is 4.17. The maximum atomic E-state index is 11.5. The molecule has 2 atom stereocenters. The molecule has 7 nitrogen and oxygen atoms in total. The van der Waals surface area contributed by atoms with E-state index < -0.39 is 11.6 Å². The number of rotatable bonds is 9. The molecule has 1 heterocycles. The first kappa shape index (κ1) is 22.6. The van der Waals surface area contributed by atoms with Crippen LogP contribution in [0.4, 0.5) is 11.4 Å². The fraction of sp³-hybridized carbons (Fsp3) is 0.417. The van der Waals surface area contributed by atoms with E-state index in [9.17, 15) is 9.90 Å². The summed E-state index contributed by atoms with van der Waals surface area (Å²) in [5.41, 5.74) is 2.93. The van der Waals surface area contributed by atoms with Gasteiger partial charge in [-0.2, -0.15) is 5.26 Å². The van der Waals surface area contributed by atoms with Gasteiger partial charge in [0.1, 0.15) is 5.66 Å². The monoisotopic (exact) mass is 423 g/mol. The molecular weight excluding hydrogens is 394 g/mol. The summed E-state index contributed by atoms with van der Waals surface area (Å²) in [5, 5.41) is 22.1. The van der Waals surface area contributed by atoms with E-state index in [-0.39, 0.29) is 12.3 Å². The van der Waals surface area contributed by atoms with Crippen LogP contribution in [0.2, 0.25) is 0 Å². The van der Waals surface area contributed by atoms with Crippen molar-refractivity contribution in [3.63, 3.8) is 0 Å². The second-order valence-electron chi connectivity index (χ2n) is 7.71. The van der Waals surface area contributed by atoms with Crippen molar-refractivity contribution in [3.05, 3.63) is 59.7 Å². The number of methoxy groups -OCH3 is 1. The minimum atomic E-state index is -0.851. The first-order chi connectivity index (χ1) is 15.0. The van der Waals surface area contributed by atoms with Gasteiger partial charge in [-0.05, 0) is 42.3 Å². The first-order valence-corrected chi connectivity index (χ1v) is 10.5. The molecule has 1 saturated heterocycles. The highest BCUT2D eigenvalue weighted by atomic mass is 16.5. The summed E-state index contributed by atoms with van der Waals surface area (Å²) in [5.74, 6) is -1.11. The molecule has 0 spiro atoms. The highest BCUT2D eigenvalue weighted by Gasteiger charge is 2.40. The number of ether oxygens (including phenoxy) is 2. The van der Waals surface area contributed by atoms with Crippen molar-refractivity contribution in [2.24, 2.45) is 0 Å². The van der Waals surface area contributed by atoms with Gasteiger partial charge in [-0.1, -0.05) is 25.1 Å². The molecule has 31 heavy (non-hydrogen) atoms. The van der Waals surface area contributed by atoms with E-state index in [1.54, 1.807) is 19.2 Å². The fourth-order valence-corrected chi connectivity index (χ4v) is 4.17. The average Bonchev–Trinajstić information content (AvgIpc) is 2.79. The Hall–Kier alpha value is -3.08. The maximum absolute atomic E-state index is 11.5. The number of anilines is 2. The molecule has 3 rings (SSSR count). The van der Waals surface area contributed by atoms with Gasteiger partial charge in [0.2, 0.25) is 0 Å². The molecule has 2 aromatic carbocycles. The van der Waals surface area contributed by atoms with Gasteiger partial charge in [0, 0.05) is 30.9 Å². The van der Waals surface area contributed by atoms with E-state index in [2.05, 4.69) is 23.2 Å². The average molecular weight is 424 g/mol. The number of hydrogen-bond acceptors (Lipinski definition) is 6. The van der Waals surface area contributed by atoms with E-state index >= 15 is 0 Å². The summed E-state index contributed by atoms with van der Waals surface area (Å²) < 4.78 is 11.2. The molecule has 1 fully saturated rings. The SMILES string of the molecule is CCC1(Nc2ccc(C#N)cc2)COCCN1c1ccccc1[C@@H](COC)CC(=O)O. The third-order valence-electron chi connectivity index (χ3n) is 5.75. The van der Waals surface area contributed by atoms with Crippen LogP contribution in [-0.2, 0) is 14.3 Å². The minimum absolute atomic E-state index is 0.00261. The lowest BCUT2D eigenvalue weighted by Gasteiger charge is -2.49. The highest BCUT2D eigenvalue weighted by molar-refractivity contribution is 5.70. The number of carboxylic acid groups (broad SMARTS) is 1. The topological polar surface area (TPSA) is 94.8 Å². The van der Waals surface area contributed by atoms with Crippen LogP contribution < -0.4 is 10.2 Å². The zero-order valence-corrected chi connectivity index (χ0v) is 18.0. The second-order valence-corrected chi connectivity index (χ2v) is 7.71. The molecule has 0 saturated carbocycles. The number of aliphatic carboxylic acids is 1. The number of carbonyl (C=O) groups is 1. The molecule has 0 radical (unpaired) electrons. The number of morpholine rings is 1. The normalized spacial score (nSPS) is 19.5. The second kappa shape index (κ2) is 10.3. The van der Waals surface area contributed by atoms with E-state index in [1.807, 2.05) is 36.4 Å². The number of nitrogens with zero attached hydrogens (tertiary/aromatic N) is 2. The van der Waals surface area contributed by atoms with Crippen molar-refractivity contribution in [2.45, 2.75) is 31.3 Å². The molecule has 0 aromatic heterocycles. The van der Waals surface area contributed by atoms with Crippen LogP contribution >= 0.6 is 0 Å². The predicted molar refractivity (Wildman–Crippen MR) is 119 cm³/mol. The number of nitrogens with one attached hydrogen (secondary N) is 1. The molecule has 2 N–H and O–H groups in total. The largest absolute Gasteiger partial charge is 0.481 e. The molecular formula is C24H29N3O4. The van der Waals surface area contributed by atoms with Crippen molar-refractivity contribution in [1.82, 2.24) is 0 Å². The Morgan fingerprint density at radius 3 is 2.71 bits per heavy atom. The molecule has 2 aromatic rings. The molecule has 7 heteroatoms. The van der Waals surface area contributed by atoms with Crippen molar-refractivity contribution in [1.29, 1.82) is 5.26 Å². The van der Waals surface area contributed by atoms with Crippen LogP contribution in [-0.4, -0.2) is 50.2 Å². The van der Waals surface area contributed by atoms with E-state index in [4.69, 9.17) is 14.7 Å². The Bertz CT molecular complexity index is 925. The van der Waals surface area contributed by atoms with Gasteiger partial charge in [0.15, 0.2) is 0 Å². The van der Waals surface area contributed by atoms with Crippen molar-refractivity contribution in [3.8, 4) is 6.07 Å². The first-order valence-electron chi connectivity index (χ1n) is 10.5. The lowest BCUT2D eigenvalue weighted by atomic mass is 9.92. The van der Waals surface area contributed by atoms with Gasteiger partial charge < -0.3 is 24.8 Å². The van der Waals surface area contributed by atoms with Crippen LogP contribution in [0.25, 0.3) is 0 Å². The van der Waals surface area contributed by atoms with Crippen LogP contribution in [0.1, 0.15) is 36.8 Å². The smallest absolute Gasteiger partial charge is 0.304 e. The number of benzene rings is 2. The van der Waals surface area contributed by atoms with E-state index in [0.29, 0.717) is 31.9 Å². The van der Waals surface area contributed by atoms with Crippen LogP contribution in [0.5, 0.6) is 0 Å². The third kappa shape index (κ3) is 5.16. The van der Waals surface area contributed by atoms with Gasteiger partial charge >= 0.3 is 5.97 Å². The van der Waals surface area contributed by atoms with Crippen molar-refractivity contribution < 1.29 is 19.4 Å². The van der Waals surface area contributed by atoms with Gasteiger partial charge in [0.25, 0.3) is 0 Å². The van der Waals surface area contributed by atoms with Gasteiger partial charge in [-0.25, -0.2) is 0 Å². The van der Waals surface area contributed by atoms with Crippen molar-refractivity contribution >= 4 is 17.3 Å². The third-order valence-corrected chi connectivity index (χ3v) is 5.75. The molecule has 1 unspecified atom stereocenters. The lowest BCUT2D eigenvalue weighted by molar-refractivity contribution is -0.137. The van der Waals surface area contributed by atoms with E-state index in [1.165, 1.54) is 0 Å².